The molecule has 1 atom stereocenters. The molecule has 0 radical (unpaired) electrons. The largest absolute Gasteiger partial charge is 0.480 e. The SMILES string of the molecule is CN(C)c1ccc(C2CCCCN2CC(=O)O)cc1. The molecule has 0 amide bonds. The van der Waals surface area contributed by atoms with E-state index in [4.69, 9.17) is 5.11 Å². The summed E-state index contributed by atoms with van der Waals surface area (Å²) in [7, 11) is 4.04. The first-order valence-electron chi connectivity index (χ1n) is 6.81. The fourth-order valence-electron chi connectivity index (χ4n) is 2.73. The van der Waals surface area contributed by atoms with Gasteiger partial charge in [-0.2, -0.15) is 0 Å². The third-order valence-electron chi connectivity index (χ3n) is 3.75. The van der Waals surface area contributed by atoms with Gasteiger partial charge in [0.2, 0.25) is 0 Å². The Bertz CT molecular complexity index is 428. The molecular formula is C15H22N2O2. The van der Waals surface area contributed by atoms with Crippen LogP contribution < -0.4 is 4.90 Å². The van der Waals surface area contributed by atoms with Crippen molar-refractivity contribution >= 4 is 11.7 Å². The first-order valence-corrected chi connectivity index (χ1v) is 6.81. The molecule has 1 saturated heterocycles. The Labute approximate surface area is 114 Å². The van der Waals surface area contributed by atoms with Crippen LogP contribution in [0.4, 0.5) is 5.69 Å². The number of carboxylic acid groups (broad SMARTS) is 1. The lowest BCUT2D eigenvalue weighted by atomic mass is 9.95. The van der Waals surface area contributed by atoms with E-state index in [0.29, 0.717) is 0 Å². The number of hydrogen-bond acceptors (Lipinski definition) is 3. The van der Waals surface area contributed by atoms with E-state index >= 15 is 0 Å². The summed E-state index contributed by atoms with van der Waals surface area (Å²) in [4.78, 5) is 15.1. The molecule has 1 aromatic rings. The van der Waals surface area contributed by atoms with Crippen LogP contribution in [0.5, 0.6) is 0 Å². The Kier molecular flexibility index (Phi) is 4.43. The maximum atomic E-state index is 10.9. The van der Waals surface area contributed by atoms with Gasteiger partial charge in [-0.3, -0.25) is 9.69 Å². The Balaban J connectivity index is 2.15. The summed E-state index contributed by atoms with van der Waals surface area (Å²) >= 11 is 0. The van der Waals surface area contributed by atoms with Gasteiger partial charge in [0.1, 0.15) is 0 Å². The quantitative estimate of drug-likeness (QED) is 0.904. The van der Waals surface area contributed by atoms with Gasteiger partial charge in [-0.1, -0.05) is 18.6 Å². The van der Waals surface area contributed by atoms with Crippen LogP contribution in [0.25, 0.3) is 0 Å². The zero-order valence-electron chi connectivity index (χ0n) is 11.7. The molecule has 1 aliphatic heterocycles. The molecule has 4 nitrogen and oxygen atoms in total. The van der Waals surface area contributed by atoms with E-state index < -0.39 is 5.97 Å². The molecule has 1 aliphatic rings. The highest BCUT2D eigenvalue weighted by Crippen LogP contribution is 2.31. The molecule has 104 valence electrons. The van der Waals surface area contributed by atoms with E-state index in [1.54, 1.807) is 0 Å². The molecule has 4 heteroatoms. The van der Waals surface area contributed by atoms with Crippen molar-refractivity contribution in [2.24, 2.45) is 0 Å². The minimum atomic E-state index is -0.739. The molecule has 0 aromatic heterocycles. The van der Waals surface area contributed by atoms with E-state index in [9.17, 15) is 4.79 Å². The molecule has 1 N–H and O–H groups in total. The normalized spacial score (nSPS) is 20.2. The van der Waals surface area contributed by atoms with Gasteiger partial charge in [0.05, 0.1) is 6.54 Å². The second-order valence-corrected chi connectivity index (χ2v) is 5.36. The zero-order valence-corrected chi connectivity index (χ0v) is 11.7. The number of likely N-dealkylation sites (tertiary alicyclic amines) is 1. The third kappa shape index (κ3) is 3.47. The molecule has 0 spiro atoms. The third-order valence-corrected chi connectivity index (χ3v) is 3.75. The average Bonchev–Trinajstić information content (AvgIpc) is 2.39. The molecule has 0 bridgehead atoms. The van der Waals surface area contributed by atoms with Crippen LogP contribution in [0, 0.1) is 0 Å². The van der Waals surface area contributed by atoms with Crippen molar-refractivity contribution in [3.8, 4) is 0 Å². The van der Waals surface area contributed by atoms with E-state index in [1.807, 2.05) is 14.1 Å². The second kappa shape index (κ2) is 6.06. The monoisotopic (exact) mass is 262 g/mol. The predicted molar refractivity (Wildman–Crippen MR) is 76.6 cm³/mol. The zero-order chi connectivity index (χ0) is 13.8. The molecule has 19 heavy (non-hydrogen) atoms. The number of benzene rings is 1. The van der Waals surface area contributed by atoms with Crippen LogP contribution in [0.1, 0.15) is 30.9 Å². The lowest BCUT2D eigenvalue weighted by molar-refractivity contribution is -0.139. The Morgan fingerprint density at radius 1 is 1.32 bits per heavy atom. The fraction of sp³-hybridized carbons (Fsp3) is 0.533. The Hall–Kier alpha value is -1.55. The highest BCUT2D eigenvalue weighted by atomic mass is 16.4. The lowest BCUT2D eigenvalue weighted by Crippen LogP contribution is -2.37. The first kappa shape index (κ1) is 13.9. The molecule has 1 unspecified atom stereocenters. The van der Waals surface area contributed by atoms with Crippen molar-refractivity contribution in [3.05, 3.63) is 29.8 Å². The predicted octanol–water partition coefficient (Wildman–Crippen LogP) is 2.36. The molecular weight excluding hydrogens is 240 g/mol. The number of carbonyl (C=O) groups is 1. The summed E-state index contributed by atoms with van der Waals surface area (Å²) in [5, 5.41) is 9.00. The molecule has 1 aromatic carbocycles. The number of piperidine rings is 1. The number of carboxylic acids is 1. The van der Waals surface area contributed by atoms with E-state index in [0.717, 1.165) is 19.4 Å². The van der Waals surface area contributed by atoms with Crippen LogP contribution in [0.2, 0.25) is 0 Å². The van der Waals surface area contributed by atoms with Crippen LogP contribution in [-0.2, 0) is 4.79 Å². The van der Waals surface area contributed by atoms with E-state index in [-0.39, 0.29) is 12.6 Å². The van der Waals surface area contributed by atoms with Crippen molar-refractivity contribution in [2.75, 3.05) is 32.1 Å². The summed E-state index contributed by atoms with van der Waals surface area (Å²) in [5.41, 5.74) is 2.40. The van der Waals surface area contributed by atoms with E-state index in [2.05, 4.69) is 34.1 Å². The molecule has 0 aliphatic carbocycles. The van der Waals surface area contributed by atoms with Crippen molar-refractivity contribution in [2.45, 2.75) is 25.3 Å². The first-order chi connectivity index (χ1) is 9.08. The highest BCUT2D eigenvalue weighted by molar-refractivity contribution is 5.69. The smallest absolute Gasteiger partial charge is 0.317 e. The average molecular weight is 262 g/mol. The molecule has 1 fully saturated rings. The van der Waals surface area contributed by atoms with Gasteiger partial charge in [0, 0.05) is 25.8 Å². The standard InChI is InChI=1S/C15H22N2O2/c1-16(2)13-8-6-12(7-9-13)14-5-3-4-10-17(14)11-15(18)19/h6-9,14H,3-5,10-11H2,1-2H3,(H,18,19). The lowest BCUT2D eigenvalue weighted by Gasteiger charge is -2.35. The number of nitrogens with zero attached hydrogens (tertiary/aromatic N) is 2. The minimum Gasteiger partial charge on any atom is -0.480 e. The Morgan fingerprint density at radius 3 is 2.58 bits per heavy atom. The number of aliphatic carboxylic acids is 1. The number of hydrogen-bond donors (Lipinski definition) is 1. The molecule has 1 heterocycles. The van der Waals surface area contributed by atoms with Crippen LogP contribution in [0.3, 0.4) is 0 Å². The summed E-state index contributed by atoms with van der Waals surface area (Å²) in [6.45, 7) is 1.02. The maximum absolute atomic E-state index is 10.9. The van der Waals surface area contributed by atoms with E-state index in [1.165, 1.54) is 17.7 Å². The van der Waals surface area contributed by atoms with Gasteiger partial charge in [-0.05, 0) is 37.1 Å². The second-order valence-electron chi connectivity index (χ2n) is 5.36. The summed E-state index contributed by atoms with van der Waals surface area (Å²) in [6.07, 6.45) is 3.32. The van der Waals surface area contributed by atoms with Gasteiger partial charge >= 0.3 is 5.97 Å². The van der Waals surface area contributed by atoms with Gasteiger partial charge in [0.15, 0.2) is 0 Å². The van der Waals surface area contributed by atoms with Crippen LogP contribution in [0.15, 0.2) is 24.3 Å². The van der Waals surface area contributed by atoms with Gasteiger partial charge in [-0.25, -0.2) is 0 Å². The Morgan fingerprint density at radius 2 is 2.00 bits per heavy atom. The van der Waals surface area contributed by atoms with Gasteiger partial charge in [0.25, 0.3) is 0 Å². The molecule has 0 saturated carbocycles. The van der Waals surface area contributed by atoms with Crippen molar-refractivity contribution in [1.82, 2.24) is 4.90 Å². The van der Waals surface area contributed by atoms with Crippen LogP contribution >= 0.6 is 0 Å². The fourth-order valence-corrected chi connectivity index (χ4v) is 2.73. The topological polar surface area (TPSA) is 43.8 Å². The summed E-state index contributed by atoms with van der Waals surface area (Å²) in [6, 6.07) is 8.70. The van der Waals surface area contributed by atoms with Gasteiger partial charge in [-0.15, -0.1) is 0 Å². The number of rotatable bonds is 4. The summed E-state index contributed by atoms with van der Waals surface area (Å²) in [5.74, 6) is -0.739. The van der Waals surface area contributed by atoms with Crippen LogP contribution in [-0.4, -0.2) is 43.2 Å². The minimum absolute atomic E-state index is 0.139. The van der Waals surface area contributed by atoms with Crippen molar-refractivity contribution in [1.29, 1.82) is 0 Å². The van der Waals surface area contributed by atoms with Crippen molar-refractivity contribution in [3.63, 3.8) is 0 Å². The number of anilines is 1. The van der Waals surface area contributed by atoms with Crippen molar-refractivity contribution < 1.29 is 9.90 Å². The highest BCUT2D eigenvalue weighted by Gasteiger charge is 2.25. The van der Waals surface area contributed by atoms with Gasteiger partial charge < -0.3 is 10.0 Å². The molecule has 2 rings (SSSR count). The summed E-state index contributed by atoms with van der Waals surface area (Å²) < 4.78 is 0. The maximum Gasteiger partial charge on any atom is 0.317 e.